The molecule has 0 aromatic carbocycles. The van der Waals surface area contributed by atoms with Gasteiger partial charge in [-0.25, -0.2) is 4.98 Å². The number of hydrogen-bond acceptors (Lipinski definition) is 5. The van der Waals surface area contributed by atoms with E-state index in [0.717, 1.165) is 45.1 Å². The Morgan fingerprint density at radius 1 is 1.50 bits per heavy atom. The van der Waals surface area contributed by atoms with Crippen molar-refractivity contribution in [2.45, 2.75) is 19.4 Å². The number of morpholine rings is 1. The minimum atomic E-state index is -0.103. The average molecular weight is 225 g/mol. The highest BCUT2D eigenvalue weighted by molar-refractivity contribution is 4.94. The quantitative estimate of drug-likeness (QED) is 0.735. The summed E-state index contributed by atoms with van der Waals surface area (Å²) in [6.45, 7) is 6.57. The second-order valence-electron chi connectivity index (χ2n) is 4.13. The van der Waals surface area contributed by atoms with Gasteiger partial charge in [0.15, 0.2) is 5.82 Å². The zero-order valence-corrected chi connectivity index (χ0v) is 9.65. The molecule has 1 fully saturated rings. The molecule has 1 saturated heterocycles. The molecule has 0 spiro atoms. The number of rotatable bonds is 4. The first-order valence-electron chi connectivity index (χ1n) is 5.72. The summed E-state index contributed by atoms with van der Waals surface area (Å²) < 4.78 is 5.29. The lowest BCUT2D eigenvalue weighted by Gasteiger charge is -2.25. The molecule has 0 bridgehead atoms. The van der Waals surface area contributed by atoms with Crippen molar-refractivity contribution >= 4 is 0 Å². The van der Waals surface area contributed by atoms with Crippen LogP contribution in [0.15, 0.2) is 0 Å². The normalized spacial score (nSPS) is 19.9. The Morgan fingerprint density at radius 3 is 2.88 bits per heavy atom. The van der Waals surface area contributed by atoms with Gasteiger partial charge < -0.3 is 10.5 Å². The van der Waals surface area contributed by atoms with Gasteiger partial charge in [0.2, 0.25) is 0 Å². The smallest absolute Gasteiger partial charge is 0.167 e. The number of nitrogens with one attached hydrogen (secondary N) is 1. The Morgan fingerprint density at radius 2 is 2.25 bits per heavy atom. The minimum absolute atomic E-state index is 0.103. The molecular weight excluding hydrogens is 206 g/mol. The van der Waals surface area contributed by atoms with Gasteiger partial charge in [-0.3, -0.25) is 10.00 Å². The van der Waals surface area contributed by atoms with Crippen LogP contribution in [0, 0.1) is 0 Å². The van der Waals surface area contributed by atoms with Crippen LogP contribution < -0.4 is 5.73 Å². The van der Waals surface area contributed by atoms with Crippen LogP contribution in [0.2, 0.25) is 0 Å². The van der Waals surface area contributed by atoms with Crippen LogP contribution in [0.5, 0.6) is 0 Å². The lowest BCUT2D eigenvalue weighted by atomic mass is 10.3. The number of hydrogen-bond donors (Lipinski definition) is 2. The van der Waals surface area contributed by atoms with E-state index in [9.17, 15) is 0 Å². The molecule has 16 heavy (non-hydrogen) atoms. The van der Waals surface area contributed by atoms with E-state index in [0.29, 0.717) is 5.82 Å². The third-order valence-corrected chi connectivity index (χ3v) is 2.72. The van der Waals surface area contributed by atoms with Crippen molar-refractivity contribution in [1.29, 1.82) is 0 Å². The van der Waals surface area contributed by atoms with E-state index in [1.165, 1.54) is 0 Å². The molecule has 2 heterocycles. The van der Waals surface area contributed by atoms with Crippen LogP contribution in [0.3, 0.4) is 0 Å². The minimum Gasteiger partial charge on any atom is -0.379 e. The topological polar surface area (TPSA) is 80.1 Å². The molecule has 3 N–H and O–H groups in total. The maximum Gasteiger partial charge on any atom is 0.167 e. The summed E-state index contributed by atoms with van der Waals surface area (Å²) in [5.74, 6) is 1.61. The maximum absolute atomic E-state index is 5.69. The van der Waals surface area contributed by atoms with Crippen LogP contribution in [-0.2, 0) is 11.2 Å². The summed E-state index contributed by atoms with van der Waals surface area (Å²) >= 11 is 0. The molecule has 90 valence electrons. The molecule has 1 aliphatic heterocycles. The summed E-state index contributed by atoms with van der Waals surface area (Å²) in [4.78, 5) is 6.72. The molecule has 1 aromatic heterocycles. The summed E-state index contributed by atoms with van der Waals surface area (Å²) in [6.07, 6.45) is 0.889. The van der Waals surface area contributed by atoms with Crippen LogP contribution >= 0.6 is 0 Å². The number of aromatic amines is 1. The maximum atomic E-state index is 5.69. The largest absolute Gasteiger partial charge is 0.379 e. The zero-order valence-electron chi connectivity index (χ0n) is 9.65. The van der Waals surface area contributed by atoms with Gasteiger partial charge in [-0.15, -0.1) is 0 Å². The second kappa shape index (κ2) is 5.38. The molecule has 2 rings (SSSR count). The Labute approximate surface area is 95.2 Å². The molecule has 6 nitrogen and oxygen atoms in total. The lowest BCUT2D eigenvalue weighted by Crippen LogP contribution is -2.37. The van der Waals surface area contributed by atoms with E-state index < -0.39 is 0 Å². The predicted molar refractivity (Wildman–Crippen MR) is 59.9 cm³/mol. The van der Waals surface area contributed by atoms with Crippen molar-refractivity contribution in [3.05, 3.63) is 11.6 Å². The van der Waals surface area contributed by atoms with E-state index in [4.69, 9.17) is 10.5 Å². The Kier molecular flexibility index (Phi) is 3.87. The molecule has 0 amide bonds. The van der Waals surface area contributed by atoms with Gasteiger partial charge in [-0.1, -0.05) is 0 Å². The van der Waals surface area contributed by atoms with Crippen LogP contribution in [-0.4, -0.2) is 52.9 Å². The van der Waals surface area contributed by atoms with Crippen molar-refractivity contribution in [3.63, 3.8) is 0 Å². The highest BCUT2D eigenvalue weighted by Crippen LogP contribution is 2.04. The van der Waals surface area contributed by atoms with Crippen molar-refractivity contribution in [3.8, 4) is 0 Å². The summed E-state index contributed by atoms with van der Waals surface area (Å²) in [5.41, 5.74) is 5.69. The fourth-order valence-electron chi connectivity index (χ4n) is 1.71. The predicted octanol–water partition coefficient (Wildman–Crippen LogP) is -0.301. The van der Waals surface area contributed by atoms with E-state index in [1.54, 1.807) is 0 Å². The van der Waals surface area contributed by atoms with Crippen molar-refractivity contribution in [2.75, 3.05) is 32.8 Å². The van der Waals surface area contributed by atoms with Gasteiger partial charge in [0.25, 0.3) is 0 Å². The molecule has 1 atom stereocenters. The van der Waals surface area contributed by atoms with E-state index in [1.807, 2.05) is 6.92 Å². The number of aromatic nitrogens is 3. The molecular formula is C10H19N5O. The van der Waals surface area contributed by atoms with E-state index >= 15 is 0 Å². The van der Waals surface area contributed by atoms with Crippen molar-refractivity contribution in [1.82, 2.24) is 20.1 Å². The molecule has 0 radical (unpaired) electrons. The molecule has 0 unspecified atom stereocenters. The molecule has 6 heteroatoms. The first kappa shape index (κ1) is 11.5. The highest BCUT2D eigenvalue weighted by Gasteiger charge is 2.12. The summed E-state index contributed by atoms with van der Waals surface area (Å²) in [5, 5.41) is 7.00. The lowest BCUT2D eigenvalue weighted by molar-refractivity contribution is 0.0382. The van der Waals surface area contributed by atoms with Crippen LogP contribution in [0.25, 0.3) is 0 Å². The Balaban J connectivity index is 1.79. The summed E-state index contributed by atoms with van der Waals surface area (Å²) in [7, 11) is 0. The van der Waals surface area contributed by atoms with E-state index in [-0.39, 0.29) is 6.04 Å². The fraction of sp³-hybridized carbons (Fsp3) is 0.800. The van der Waals surface area contributed by atoms with Gasteiger partial charge in [0.1, 0.15) is 5.82 Å². The third-order valence-electron chi connectivity index (χ3n) is 2.72. The number of ether oxygens (including phenoxy) is 1. The first-order valence-corrected chi connectivity index (χ1v) is 5.72. The van der Waals surface area contributed by atoms with Crippen molar-refractivity contribution < 1.29 is 4.74 Å². The first-order chi connectivity index (χ1) is 7.75. The van der Waals surface area contributed by atoms with Gasteiger partial charge in [0, 0.05) is 26.1 Å². The van der Waals surface area contributed by atoms with Gasteiger partial charge in [-0.05, 0) is 6.92 Å². The molecule has 0 saturated carbocycles. The van der Waals surface area contributed by atoms with Crippen molar-refractivity contribution in [2.24, 2.45) is 5.73 Å². The Bertz CT molecular complexity index is 319. The highest BCUT2D eigenvalue weighted by atomic mass is 16.5. The second-order valence-corrected chi connectivity index (χ2v) is 4.13. The number of nitrogens with two attached hydrogens (primary N) is 1. The van der Waals surface area contributed by atoms with Crippen LogP contribution in [0.4, 0.5) is 0 Å². The van der Waals surface area contributed by atoms with Gasteiger partial charge >= 0.3 is 0 Å². The van der Waals surface area contributed by atoms with E-state index in [2.05, 4.69) is 20.1 Å². The zero-order chi connectivity index (χ0) is 11.4. The van der Waals surface area contributed by atoms with Gasteiger partial charge in [0.05, 0.1) is 19.3 Å². The standard InChI is InChI=1S/C10H19N5O/c1-8(11)10-12-9(13-14-10)2-3-15-4-6-16-7-5-15/h8H,2-7,11H2,1H3,(H,12,13,14)/t8-/m0/s1. The number of H-pyrrole nitrogens is 1. The molecule has 1 aliphatic rings. The SMILES string of the molecule is C[C@H](N)c1n[nH]c(CCN2CCOCC2)n1. The Hall–Kier alpha value is -0.980. The fourth-order valence-corrected chi connectivity index (χ4v) is 1.71. The van der Waals surface area contributed by atoms with Crippen LogP contribution in [0.1, 0.15) is 24.6 Å². The summed E-state index contributed by atoms with van der Waals surface area (Å²) in [6, 6.07) is -0.103. The monoisotopic (exact) mass is 225 g/mol. The molecule has 1 aromatic rings. The third kappa shape index (κ3) is 3.01. The van der Waals surface area contributed by atoms with Gasteiger partial charge in [-0.2, -0.15) is 5.10 Å². The number of nitrogens with zero attached hydrogens (tertiary/aromatic N) is 3. The molecule has 0 aliphatic carbocycles. The average Bonchev–Trinajstić information content (AvgIpc) is 2.76.